The summed E-state index contributed by atoms with van der Waals surface area (Å²) in [5.74, 6) is 0.956. The molecule has 0 N–H and O–H groups in total. The Hall–Kier alpha value is -0.580. The fourth-order valence-electron chi connectivity index (χ4n) is 2.65. The number of alkyl halides is 1. The highest BCUT2D eigenvalue weighted by Crippen LogP contribution is 2.26. The second-order valence-electron chi connectivity index (χ2n) is 5.30. The van der Waals surface area contributed by atoms with E-state index in [1.54, 1.807) is 0 Å². The second kappa shape index (κ2) is 7.61. The monoisotopic (exact) mass is 371 g/mol. The average molecular weight is 373 g/mol. The van der Waals surface area contributed by atoms with Crippen LogP contribution in [0, 0.1) is 0 Å². The van der Waals surface area contributed by atoms with Crippen molar-refractivity contribution in [3.63, 3.8) is 0 Å². The molecule has 21 heavy (non-hydrogen) atoms. The van der Waals surface area contributed by atoms with Gasteiger partial charge in [-0.1, -0.05) is 29.8 Å². The molecule has 1 atom stereocenters. The Morgan fingerprint density at radius 3 is 2.71 bits per heavy atom. The molecule has 2 aromatic rings. The number of halogens is 2. The SMILES string of the molecule is CCCN(CC)CCn1c(C(C)Cl)nc2cc(Br)ccc21. The van der Waals surface area contributed by atoms with Crippen LogP contribution in [0.1, 0.15) is 38.4 Å². The fourth-order valence-corrected chi connectivity index (χ4v) is 3.16. The first-order valence-electron chi connectivity index (χ1n) is 7.58. The van der Waals surface area contributed by atoms with Gasteiger partial charge in [0.1, 0.15) is 5.82 Å². The molecule has 0 spiro atoms. The molecule has 0 saturated heterocycles. The van der Waals surface area contributed by atoms with Crippen LogP contribution in [0.25, 0.3) is 11.0 Å². The van der Waals surface area contributed by atoms with E-state index in [0.717, 1.165) is 47.5 Å². The zero-order chi connectivity index (χ0) is 15.4. The Labute approximate surface area is 140 Å². The fraction of sp³-hybridized carbons (Fsp3) is 0.562. The summed E-state index contributed by atoms with van der Waals surface area (Å²) < 4.78 is 3.31. The molecule has 116 valence electrons. The molecule has 1 aromatic carbocycles. The molecule has 0 aliphatic carbocycles. The number of nitrogens with zero attached hydrogens (tertiary/aromatic N) is 3. The minimum Gasteiger partial charge on any atom is -0.325 e. The highest BCUT2D eigenvalue weighted by Gasteiger charge is 2.15. The van der Waals surface area contributed by atoms with Gasteiger partial charge in [0.15, 0.2) is 0 Å². The minimum atomic E-state index is -0.0857. The van der Waals surface area contributed by atoms with Crippen LogP contribution in [-0.2, 0) is 6.54 Å². The molecule has 2 rings (SSSR count). The van der Waals surface area contributed by atoms with E-state index in [1.165, 1.54) is 6.42 Å². The number of hydrogen-bond donors (Lipinski definition) is 0. The van der Waals surface area contributed by atoms with Gasteiger partial charge in [-0.2, -0.15) is 0 Å². The lowest BCUT2D eigenvalue weighted by Gasteiger charge is -2.21. The molecule has 3 nitrogen and oxygen atoms in total. The molecule has 0 aliphatic heterocycles. The van der Waals surface area contributed by atoms with Gasteiger partial charge in [0.2, 0.25) is 0 Å². The summed E-state index contributed by atoms with van der Waals surface area (Å²) >= 11 is 9.83. The van der Waals surface area contributed by atoms with Crippen molar-refractivity contribution in [1.82, 2.24) is 14.5 Å². The zero-order valence-corrected chi connectivity index (χ0v) is 15.3. The summed E-state index contributed by atoms with van der Waals surface area (Å²) in [6, 6.07) is 6.23. The number of fused-ring (bicyclic) bond motifs is 1. The van der Waals surface area contributed by atoms with E-state index in [0.29, 0.717) is 0 Å². The van der Waals surface area contributed by atoms with E-state index in [2.05, 4.69) is 57.4 Å². The summed E-state index contributed by atoms with van der Waals surface area (Å²) in [5.41, 5.74) is 2.17. The maximum Gasteiger partial charge on any atom is 0.127 e. The van der Waals surface area contributed by atoms with Crippen molar-refractivity contribution in [2.75, 3.05) is 19.6 Å². The van der Waals surface area contributed by atoms with Crippen molar-refractivity contribution in [2.24, 2.45) is 0 Å². The maximum absolute atomic E-state index is 6.32. The summed E-state index contributed by atoms with van der Waals surface area (Å²) in [5, 5.41) is -0.0857. The molecule has 0 fully saturated rings. The van der Waals surface area contributed by atoms with Crippen LogP contribution in [-0.4, -0.2) is 34.1 Å². The van der Waals surface area contributed by atoms with Crippen LogP contribution < -0.4 is 0 Å². The van der Waals surface area contributed by atoms with E-state index < -0.39 is 0 Å². The highest BCUT2D eigenvalue weighted by atomic mass is 79.9. The van der Waals surface area contributed by atoms with Gasteiger partial charge in [0, 0.05) is 17.6 Å². The van der Waals surface area contributed by atoms with E-state index in [-0.39, 0.29) is 5.38 Å². The predicted molar refractivity (Wildman–Crippen MR) is 94.1 cm³/mol. The van der Waals surface area contributed by atoms with Crippen LogP contribution in [0.15, 0.2) is 22.7 Å². The topological polar surface area (TPSA) is 21.1 Å². The minimum absolute atomic E-state index is 0.0857. The number of benzene rings is 1. The van der Waals surface area contributed by atoms with Gasteiger partial charge in [0.25, 0.3) is 0 Å². The van der Waals surface area contributed by atoms with Gasteiger partial charge in [0.05, 0.1) is 16.4 Å². The first-order chi connectivity index (χ1) is 10.1. The standard InChI is InChI=1S/C16H23BrClN3/c1-4-8-20(5-2)9-10-21-15-7-6-13(17)11-14(15)19-16(21)12(3)18/h6-7,11-12H,4-5,8-10H2,1-3H3. The Morgan fingerprint density at radius 1 is 1.33 bits per heavy atom. The molecule has 0 radical (unpaired) electrons. The summed E-state index contributed by atoms with van der Waals surface area (Å²) in [6.07, 6.45) is 1.18. The van der Waals surface area contributed by atoms with E-state index in [4.69, 9.17) is 16.6 Å². The van der Waals surface area contributed by atoms with Gasteiger partial charge >= 0.3 is 0 Å². The van der Waals surface area contributed by atoms with E-state index in [9.17, 15) is 0 Å². The normalized spacial score (nSPS) is 13.2. The van der Waals surface area contributed by atoms with Crippen molar-refractivity contribution < 1.29 is 0 Å². The molecule has 0 aliphatic rings. The number of likely N-dealkylation sites (N-methyl/N-ethyl adjacent to an activating group) is 1. The lowest BCUT2D eigenvalue weighted by atomic mass is 10.3. The van der Waals surface area contributed by atoms with E-state index >= 15 is 0 Å². The predicted octanol–water partition coefficient (Wildman–Crippen LogP) is 4.83. The average Bonchev–Trinajstić information content (AvgIpc) is 2.81. The molecule has 1 aromatic heterocycles. The molecular formula is C16H23BrClN3. The third-order valence-electron chi connectivity index (χ3n) is 3.72. The third-order valence-corrected chi connectivity index (χ3v) is 4.41. The van der Waals surface area contributed by atoms with Crippen LogP contribution in [0.2, 0.25) is 0 Å². The smallest absolute Gasteiger partial charge is 0.127 e. The molecule has 0 amide bonds. The Morgan fingerprint density at radius 2 is 2.10 bits per heavy atom. The van der Waals surface area contributed by atoms with Gasteiger partial charge in [-0.05, 0) is 44.6 Å². The lowest BCUT2D eigenvalue weighted by molar-refractivity contribution is 0.276. The first kappa shape index (κ1) is 16.8. The molecular weight excluding hydrogens is 350 g/mol. The van der Waals surface area contributed by atoms with Gasteiger partial charge in [-0.25, -0.2) is 4.98 Å². The Bertz CT molecular complexity index is 594. The molecule has 5 heteroatoms. The molecule has 1 heterocycles. The summed E-state index contributed by atoms with van der Waals surface area (Å²) in [6.45, 7) is 10.6. The van der Waals surface area contributed by atoms with Crippen molar-refractivity contribution in [3.05, 3.63) is 28.5 Å². The van der Waals surface area contributed by atoms with Crippen molar-refractivity contribution in [1.29, 1.82) is 0 Å². The number of aromatic nitrogens is 2. The largest absolute Gasteiger partial charge is 0.325 e. The number of hydrogen-bond acceptors (Lipinski definition) is 2. The van der Waals surface area contributed by atoms with Gasteiger partial charge in [-0.15, -0.1) is 11.6 Å². The highest BCUT2D eigenvalue weighted by molar-refractivity contribution is 9.10. The van der Waals surface area contributed by atoms with Gasteiger partial charge < -0.3 is 9.47 Å². The number of imidazole rings is 1. The lowest BCUT2D eigenvalue weighted by Crippen LogP contribution is -2.28. The van der Waals surface area contributed by atoms with Crippen LogP contribution in [0.3, 0.4) is 0 Å². The molecule has 1 unspecified atom stereocenters. The van der Waals surface area contributed by atoms with Crippen molar-refractivity contribution in [3.8, 4) is 0 Å². The summed E-state index contributed by atoms with van der Waals surface area (Å²) in [7, 11) is 0. The zero-order valence-electron chi connectivity index (χ0n) is 12.9. The van der Waals surface area contributed by atoms with Crippen LogP contribution >= 0.6 is 27.5 Å². The Balaban J connectivity index is 2.30. The Kier molecular flexibility index (Phi) is 6.08. The maximum atomic E-state index is 6.32. The first-order valence-corrected chi connectivity index (χ1v) is 8.81. The number of rotatable bonds is 7. The van der Waals surface area contributed by atoms with Crippen molar-refractivity contribution in [2.45, 2.75) is 39.1 Å². The van der Waals surface area contributed by atoms with Gasteiger partial charge in [-0.3, -0.25) is 0 Å². The van der Waals surface area contributed by atoms with Crippen LogP contribution in [0.5, 0.6) is 0 Å². The second-order valence-corrected chi connectivity index (χ2v) is 6.88. The van der Waals surface area contributed by atoms with Crippen LogP contribution in [0.4, 0.5) is 0 Å². The van der Waals surface area contributed by atoms with Crippen molar-refractivity contribution >= 4 is 38.6 Å². The molecule has 0 saturated carbocycles. The third kappa shape index (κ3) is 3.99. The molecule has 0 bridgehead atoms. The quantitative estimate of drug-likeness (QED) is 0.649. The van der Waals surface area contributed by atoms with E-state index in [1.807, 2.05) is 6.92 Å². The summed E-state index contributed by atoms with van der Waals surface area (Å²) in [4.78, 5) is 7.17.